The maximum atomic E-state index is 5.83. The normalized spacial score (nSPS) is 11.6. The van der Waals surface area contributed by atoms with E-state index in [1.807, 2.05) is 51.2 Å². The molecule has 33 heavy (non-hydrogen) atoms. The molecular formula is C27H22N4O2. The van der Waals surface area contributed by atoms with Crippen molar-refractivity contribution in [3.63, 3.8) is 0 Å². The SMILES string of the molecule is COc1cc2c(cc1-c1c(C)noc1C)[nH]c1cc(C)nc(-c3ccnc4ccccc34)c12. The Morgan fingerprint density at radius 3 is 2.55 bits per heavy atom. The Kier molecular flexibility index (Phi) is 4.23. The van der Waals surface area contributed by atoms with Gasteiger partial charge in [0.1, 0.15) is 11.5 Å². The number of rotatable bonds is 3. The summed E-state index contributed by atoms with van der Waals surface area (Å²) < 4.78 is 11.3. The number of H-pyrrole nitrogens is 1. The first-order chi connectivity index (χ1) is 16.0. The first kappa shape index (κ1) is 19.5. The Morgan fingerprint density at radius 2 is 1.76 bits per heavy atom. The van der Waals surface area contributed by atoms with Crippen molar-refractivity contribution in [1.29, 1.82) is 0 Å². The van der Waals surface area contributed by atoms with Crippen molar-refractivity contribution in [1.82, 2.24) is 20.1 Å². The molecule has 0 unspecified atom stereocenters. The molecule has 0 aliphatic rings. The molecule has 0 spiro atoms. The van der Waals surface area contributed by atoms with E-state index in [-0.39, 0.29) is 0 Å². The number of nitrogens with one attached hydrogen (secondary N) is 1. The van der Waals surface area contributed by atoms with Gasteiger partial charge in [-0.25, -0.2) is 0 Å². The Bertz CT molecular complexity index is 1670. The summed E-state index contributed by atoms with van der Waals surface area (Å²) in [6, 6.07) is 16.5. The maximum absolute atomic E-state index is 5.83. The average Bonchev–Trinajstić information content (AvgIpc) is 3.35. The molecule has 0 atom stereocenters. The smallest absolute Gasteiger partial charge is 0.141 e. The number of methoxy groups -OCH3 is 1. The monoisotopic (exact) mass is 434 g/mol. The van der Waals surface area contributed by atoms with Crippen molar-refractivity contribution < 1.29 is 9.26 Å². The van der Waals surface area contributed by atoms with Crippen LogP contribution >= 0.6 is 0 Å². The van der Waals surface area contributed by atoms with Crippen LogP contribution in [-0.2, 0) is 0 Å². The van der Waals surface area contributed by atoms with E-state index in [1.165, 1.54) is 0 Å². The molecule has 162 valence electrons. The summed E-state index contributed by atoms with van der Waals surface area (Å²) in [6.07, 6.45) is 1.85. The number of pyridine rings is 2. The zero-order chi connectivity index (χ0) is 22.7. The topological polar surface area (TPSA) is 76.8 Å². The lowest BCUT2D eigenvalue weighted by atomic mass is 9.98. The van der Waals surface area contributed by atoms with Crippen molar-refractivity contribution in [2.75, 3.05) is 7.11 Å². The van der Waals surface area contributed by atoms with E-state index in [0.29, 0.717) is 0 Å². The lowest BCUT2D eigenvalue weighted by Crippen LogP contribution is -1.92. The molecule has 6 heteroatoms. The van der Waals surface area contributed by atoms with E-state index >= 15 is 0 Å². The second-order valence-corrected chi connectivity index (χ2v) is 8.33. The van der Waals surface area contributed by atoms with Crippen molar-refractivity contribution in [3.05, 3.63) is 71.9 Å². The summed E-state index contributed by atoms with van der Waals surface area (Å²) in [7, 11) is 1.69. The number of hydrogen-bond donors (Lipinski definition) is 1. The zero-order valence-corrected chi connectivity index (χ0v) is 18.9. The molecule has 1 N–H and O–H groups in total. The number of nitrogens with zero attached hydrogens (tertiary/aromatic N) is 3. The number of aromatic amines is 1. The van der Waals surface area contributed by atoms with Crippen molar-refractivity contribution >= 4 is 32.7 Å². The molecule has 6 rings (SSSR count). The molecule has 0 saturated carbocycles. The van der Waals surface area contributed by atoms with Crippen LogP contribution < -0.4 is 4.74 Å². The lowest BCUT2D eigenvalue weighted by molar-refractivity contribution is 0.393. The van der Waals surface area contributed by atoms with Crippen LogP contribution in [0.4, 0.5) is 0 Å². The number of hydrogen-bond acceptors (Lipinski definition) is 5. The van der Waals surface area contributed by atoms with Crippen LogP contribution in [0.3, 0.4) is 0 Å². The third kappa shape index (κ3) is 2.91. The minimum Gasteiger partial charge on any atom is -0.496 e. The first-order valence-electron chi connectivity index (χ1n) is 10.8. The van der Waals surface area contributed by atoms with E-state index in [0.717, 1.165) is 78.0 Å². The number of fused-ring (bicyclic) bond motifs is 4. The van der Waals surface area contributed by atoms with E-state index < -0.39 is 0 Å². The molecule has 2 aromatic carbocycles. The van der Waals surface area contributed by atoms with Crippen LogP contribution in [0.1, 0.15) is 17.1 Å². The molecular weight excluding hydrogens is 412 g/mol. The molecule has 0 amide bonds. The van der Waals surface area contributed by atoms with Gasteiger partial charge in [-0.1, -0.05) is 23.4 Å². The van der Waals surface area contributed by atoms with E-state index in [9.17, 15) is 0 Å². The molecule has 0 bridgehead atoms. The van der Waals surface area contributed by atoms with E-state index in [1.54, 1.807) is 7.11 Å². The van der Waals surface area contributed by atoms with Gasteiger partial charge in [0.25, 0.3) is 0 Å². The second-order valence-electron chi connectivity index (χ2n) is 8.33. The highest BCUT2D eigenvalue weighted by Crippen LogP contribution is 2.42. The maximum Gasteiger partial charge on any atom is 0.141 e. The number of aryl methyl sites for hydroxylation is 3. The van der Waals surface area contributed by atoms with Gasteiger partial charge in [-0.05, 0) is 51.1 Å². The number of benzene rings is 2. The van der Waals surface area contributed by atoms with Crippen LogP contribution in [0, 0.1) is 20.8 Å². The van der Waals surface area contributed by atoms with Crippen LogP contribution in [0.5, 0.6) is 5.75 Å². The highest BCUT2D eigenvalue weighted by molar-refractivity contribution is 6.16. The van der Waals surface area contributed by atoms with Gasteiger partial charge in [-0.2, -0.15) is 0 Å². The predicted molar refractivity (Wildman–Crippen MR) is 131 cm³/mol. The predicted octanol–water partition coefficient (Wildman–Crippen LogP) is 6.52. The van der Waals surface area contributed by atoms with Gasteiger partial charge < -0.3 is 14.2 Å². The van der Waals surface area contributed by atoms with Crippen molar-refractivity contribution in [2.24, 2.45) is 0 Å². The zero-order valence-electron chi connectivity index (χ0n) is 18.9. The van der Waals surface area contributed by atoms with E-state index in [2.05, 4.69) is 39.4 Å². The summed E-state index contributed by atoms with van der Waals surface area (Å²) in [6.45, 7) is 5.89. The van der Waals surface area contributed by atoms with Gasteiger partial charge in [0, 0.05) is 44.7 Å². The fraction of sp³-hybridized carbons (Fsp3) is 0.148. The molecule has 0 radical (unpaired) electrons. The van der Waals surface area contributed by atoms with Crippen LogP contribution in [0.25, 0.3) is 55.1 Å². The standard InChI is InChI=1S/C27H22N4O2/c1-14-11-23-26(27(29-14)18-9-10-28-21-8-6-5-7-17(18)21)19-13-24(32-4)20(12-22(19)30-23)25-15(2)31-33-16(25)3/h5-13,30H,1-4H3. The quantitative estimate of drug-likeness (QED) is 0.343. The number of aromatic nitrogens is 4. The van der Waals surface area contributed by atoms with Crippen LogP contribution in [0.15, 0.2) is 59.3 Å². The number of para-hydroxylation sites is 1. The van der Waals surface area contributed by atoms with E-state index in [4.69, 9.17) is 14.2 Å². The fourth-order valence-corrected chi connectivity index (χ4v) is 4.81. The molecule has 0 aliphatic heterocycles. The molecule has 0 fully saturated rings. The largest absolute Gasteiger partial charge is 0.496 e. The second kappa shape index (κ2) is 7.17. The molecule has 6 nitrogen and oxygen atoms in total. The third-order valence-corrected chi connectivity index (χ3v) is 6.23. The Labute approximate surface area is 190 Å². The molecule has 6 aromatic rings. The van der Waals surface area contributed by atoms with Gasteiger partial charge in [-0.15, -0.1) is 0 Å². The summed E-state index contributed by atoms with van der Waals surface area (Å²) in [5.41, 5.74) is 8.68. The summed E-state index contributed by atoms with van der Waals surface area (Å²) in [4.78, 5) is 13.1. The number of ether oxygens (including phenoxy) is 1. The average molecular weight is 434 g/mol. The van der Waals surface area contributed by atoms with Crippen molar-refractivity contribution in [3.8, 4) is 28.1 Å². The lowest BCUT2D eigenvalue weighted by Gasteiger charge is -2.10. The molecule has 0 saturated heterocycles. The summed E-state index contributed by atoms with van der Waals surface area (Å²) in [5, 5.41) is 7.33. The van der Waals surface area contributed by atoms with Gasteiger partial charge in [0.2, 0.25) is 0 Å². The van der Waals surface area contributed by atoms with Gasteiger partial charge in [-0.3, -0.25) is 9.97 Å². The first-order valence-corrected chi connectivity index (χ1v) is 10.8. The minimum atomic E-state index is 0.766. The van der Waals surface area contributed by atoms with Crippen LogP contribution in [-0.4, -0.2) is 27.2 Å². The Hall–Kier alpha value is -4.19. The van der Waals surface area contributed by atoms with Gasteiger partial charge >= 0.3 is 0 Å². The van der Waals surface area contributed by atoms with Gasteiger partial charge in [0.15, 0.2) is 0 Å². The highest BCUT2D eigenvalue weighted by atomic mass is 16.5. The summed E-state index contributed by atoms with van der Waals surface area (Å²) in [5.74, 6) is 1.53. The molecule has 4 aromatic heterocycles. The molecule has 0 aliphatic carbocycles. The van der Waals surface area contributed by atoms with Crippen molar-refractivity contribution in [2.45, 2.75) is 20.8 Å². The summed E-state index contributed by atoms with van der Waals surface area (Å²) >= 11 is 0. The molecule has 4 heterocycles. The third-order valence-electron chi connectivity index (χ3n) is 6.23. The highest BCUT2D eigenvalue weighted by Gasteiger charge is 2.21. The van der Waals surface area contributed by atoms with Gasteiger partial charge in [0.05, 0.1) is 35.1 Å². The Morgan fingerprint density at radius 1 is 0.909 bits per heavy atom. The minimum absolute atomic E-state index is 0.766. The fourth-order valence-electron chi connectivity index (χ4n) is 4.81. The van der Waals surface area contributed by atoms with Crippen LogP contribution in [0.2, 0.25) is 0 Å². The Balaban J connectivity index is 1.71.